The Bertz CT molecular complexity index is 1130. The van der Waals surface area contributed by atoms with E-state index in [2.05, 4.69) is 10.6 Å². The average molecular weight is 438 g/mol. The molecule has 0 saturated heterocycles. The molecule has 0 aliphatic rings. The monoisotopic (exact) mass is 438 g/mol. The Morgan fingerprint density at radius 2 is 1.50 bits per heavy atom. The zero-order valence-electron chi connectivity index (χ0n) is 17.1. The topological polar surface area (TPSA) is 76.7 Å². The van der Waals surface area contributed by atoms with Crippen LogP contribution in [0.2, 0.25) is 0 Å². The van der Waals surface area contributed by atoms with Gasteiger partial charge >= 0.3 is 0 Å². The minimum Gasteiger partial charge on any atom is -0.493 e. The second kappa shape index (κ2) is 10.7. The molecular weight excluding hydrogens is 418 g/mol. The fourth-order valence-corrected chi connectivity index (χ4v) is 2.77. The maximum absolute atomic E-state index is 13.6. The standard InChI is InChI=1S/C24H20F2N2O4/c1-31-21-10-2-3-11-22(21)32-15-24(30)28-17-7-4-6-16(14-17)27-23(29)13-12-18-19(25)8-5-9-20(18)26/h2-14H,15H2,1H3,(H,27,29)(H,28,30)/b13-12+. The summed E-state index contributed by atoms with van der Waals surface area (Å²) in [5.74, 6) is -1.59. The summed E-state index contributed by atoms with van der Waals surface area (Å²) in [5.41, 5.74) is 0.511. The Morgan fingerprint density at radius 3 is 2.19 bits per heavy atom. The third-order valence-corrected chi connectivity index (χ3v) is 4.24. The number of ether oxygens (including phenoxy) is 2. The van der Waals surface area contributed by atoms with E-state index in [1.54, 1.807) is 42.5 Å². The largest absolute Gasteiger partial charge is 0.493 e. The second-order valence-corrected chi connectivity index (χ2v) is 6.53. The number of halogens is 2. The molecule has 3 aromatic carbocycles. The van der Waals surface area contributed by atoms with E-state index in [1.165, 1.54) is 19.2 Å². The molecule has 32 heavy (non-hydrogen) atoms. The Morgan fingerprint density at radius 1 is 0.875 bits per heavy atom. The number of carbonyl (C=O) groups is 2. The summed E-state index contributed by atoms with van der Waals surface area (Å²) in [6.45, 7) is -0.242. The molecule has 0 radical (unpaired) electrons. The SMILES string of the molecule is COc1ccccc1OCC(=O)Nc1cccc(NC(=O)/C=C/c2c(F)cccc2F)c1. The molecule has 2 N–H and O–H groups in total. The van der Waals surface area contributed by atoms with Crippen molar-refractivity contribution in [3.63, 3.8) is 0 Å². The molecule has 0 heterocycles. The van der Waals surface area contributed by atoms with Crippen molar-refractivity contribution in [3.05, 3.63) is 90.0 Å². The van der Waals surface area contributed by atoms with Gasteiger partial charge in [-0.15, -0.1) is 0 Å². The third kappa shape index (κ3) is 6.15. The first kappa shape index (κ1) is 22.5. The molecule has 8 heteroatoms. The summed E-state index contributed by atoms with van der Waals surface area (Å²) in [4.78, 5) is 24.3. The van der Waals surface area contributed by atoms with Crippen molar-refractivity contribution in [1.82, 2.24) is 0 Å². The number of rotatable bonds is 8. The lowest BCUT2D eigenvalue weighted by molar-refractivity contribution is -0.118. The van der Waals surface area contributed by atoms with Crippen molar-refractivity contribution in [1.29, 1.82) is 0 Å². The van der Waals surface area contributed by atoms with Gasteiger partial charge in [0.25, 0.3) is 5.91 Å². The van der Waals surface area contributed by atoms with Gasteiger partial charge in [0.2, 0.25) is 5.91 Å². The van der Waals surface area contributed by atoms with Crippen molar-refractivity contribution >= 4 is 29.3 Å². The lowest BCUT2D eigenvalue weighted by Crippen LogP contribution is -2.20. The zero-order chi connectivity index (χ0) is 22.9. The van der Waals surface area contributed by atoms with E-state index in [0.29, 0.717) is 22.9 Å². The van der Waals surface area contributed by atoms with Gasteiger partial charge in [-0.2, -0.15) is 0 Å². The number of para-hydroxylation sites is 2. The number of hydrogen-bond acceptors (Lipinski definition) is 4. The van der Waals surface area contributed by atoms with Crippen molar-refractivity contribution < 1.29 is 27.8 Å². The molecule has 164 valence electrons. The molecule has 3 aromatic rings. The van der Waals surface area contributed by atoms with Crippen LogP contribution in [0.5, 0.6) is 11.5 Å². The van der Waals surface area contributed by atoms with Crippen LogP contribution >= 0.6 is 0 Å². The summed E-state index contributed by atoms with van der Waals surface area (Å²) >= 11 is 0. The van der Waals surface area contributed by atoms with Gasteiger partial charge in [-0.05, 0) is 48.5 Å². The summed E-state index contributed by atoms with van der Waals surface area (Å²) < 4.78 is 37.9. The smallest absolute Gasteiger partial charge is 0.262 e. The van der Waals surface area contributed by atoms with E-state index in [0.717, 1.165) is 24.3 Å². The van der Waals surface area contributed by atoms with Crippen LogP contribution in [0, 0.1) is 11.6 Å². The summed E-state index contributed by atoms with van der Waals surface area (Å²) in [5, 5.41) is 5.23. The number of amides is 2. The number of methoxy groups -OCH3 is 1. The van der Waals surface area contributed by atoms with Crippen LogP contribution in [0.25, 0.3) is 6.08 Å². The number of carbonyl (C=O) groups excluding carboxylic acids is 2. The molecule has 0 bridgehead atoms. The number of hydrogen-bond donors (Lipinski definition) is 2. The van der Waals surface area contributed by atoms with E-state index in [4.69, 9.17) is 9.47 Å². The van der Waals surface area contributed by atoms with E-state index >= 15 is 0 Å². The van der Waals surface area contributed by atoms with Crippen LogP contribution in [0.15, 0.2) is 72.8 Å². The van der Waals surface area contributed by atoms with E-state index in [9.17, 15) is 18.4 Å². The summed E-state index contributed by atoms with van der Waals surface area (Å²) in [6, 6.07) is 16.8. The van der Waals surface area contributed by atoms with Crippen LogP contribution in [-0.2, 0) is 9.59 Å². The summed E-state index contributed by atoms with van der Waals surface area (Å²) in [7, 11) is 1.50. The quantitative estimate of drug-likeness (QED) is 0.503. The molecule has 0 aliphatic carbocycles. The fourth-order valence-electron chi connectivity index (χ4n) is 2.77. The Labute approximate surface area is 183 Å². The minimum atomic E-state index is -0.769. The normalized spacial score (nSPS) is 10.6. The van der Waals surface area contributed by atoms with Gasteiger partial charge in [0.15, 0.2) is 18.1 Å². The Hall–Kier alpha value is -4.20. The maximum atomic E-state index is 13.6. The van der Waals surface area contributed by atoms with Gasteiger partial charge in [-0.25, -0.2) is 8.78 Å². The van der Waals surface area contributed by atoms with Crippen LogP contribution in [0.4, 0.5) is 20.2 Å². The van der Waals surface area contributed by atoms with Crippen LogP contribution in [0.1, 0.15) is 5.56 Å². The zero-order valence-corrected chi connectivity index (χ0v) is 17.1. The number of benzene rings is 3. The van der Waals surface area contributed by atoms with Crippen molar-refractivity contribution in [2.75, 3.05) is 24.4 Å². The molecule has 3 rings (SSSR count). The first-order valence-electron chi connectivity index (χ1n) is 9.55. The first-order valence-corrected chi connectivity index (χ1v) is 9.55. The van der Waals surface area contributed by atoms with Crippen LogP contribution in [-0.4, -0.2) is 25.5 Å². The van der Waals surface area contributed by atoms with Gasteiger partial charge in [0.05, 0.1) is 7.11 Å². The maximum Gasteiger partial charge on any atom is 0.262 e. The molecular formula is C24H20F2N2O4. The van der Waals surface area contributed by atoms with Gasteiger partial charge < -0.3 is 20.1 Å². The van der Waals surface area contributed by atoms with Crippen LogP contribution < -0.4 is 20.1 Å². The lowest BCUT2D eigenvalue weighted by Gasteiger charge is -2.11. The number of anilines is 2. The highest BCUT2D eigenvalue weighted by molar-refractivity contribution is 6.02. The van der Waals surface area contributed by atoms with Crippen LogP contribution in [0.3, 0.4) is 0 Å². The molecule has 0 saturated carbocycles. The molecule has 0 fully saturated rings. The third-order valence-electron chi connectivity index (χ3n) is 4.24. The van der Waals surface area contributed by atoms with Gasteiger partial charge in [-0.3, -0.25) is 9.59 Å². The van der Waals surface area contributed by atoms with Crippen molar-refractivity contribution in [2.45, 2.75) is 0 Å². The molecule has 0 aliphatic heterocycles. The van der Waals surface area contributed by atoms with Gasteiger partial charge in [-0.1, -0.05) is 24.3 Å². The van der Waals surface area contributed by atoms with Gasteiger partial charge in [0.1, 0.15) is 11.6 Å². The molecule has 0 atom stereocenters. The number of nitrogens with one attached hydrogen (secondary N) is 2. The molecule has 0 unspecified atom stereocenters. The van der Waals surface area contributed by atoms with Crippen molar-refractivity contribution in [2.24, 2.45) is 0 Å². The Balaban J connectivity index is 1.57. The average Bonchev–Trinajstić information content (AvgIpc) is 2.78. The summed E-state index contributed by atoms with van der Waals surface area (Å²) in [6.07, 6.45) is 2.08. The highest BCUT2D eigenvalue weighted by Gasteiger charge is 2.09. The predicted molar refractivity (Wildman–Crippen MR) is 118 cm³/mol. The molecule has 0 aromatic heterocycles. The van der Waals surface area contributed by atoms with E-state index < -0.39 is 23.4 Å². The predicted octanol–water partition coefficient (Wildman–Crippen LogP) is 4.64. The minimum absolute atomic E-state index is 0.242. The van der Waals surface area contributed by atoms with Gasteiger partial charge in [0, 0.05) is 23.0 Å². The van der Waals surface area contributed by atoms with Crippen molar-refractivity contribution in [3.8, 4) is 11.5 Å². The lowest BCUT2D eigenvalue weighted by atomic mass is 10.2. The highest BCUT2D eigenvalue weighted by atomic mass is 19.1. The fraction of sp³-hybridized carbons (Fsp3) is 0.0833. The molecule has 0 spiro atoms. The molecule has 2 amide bonds. The molecule has 6 nitrogen and oxygen atoms in total. The van der Waals surface area contributed by atoms with E-state index in [1.807, 2.05) is 0 Å². The van der Waals surface area contributed by atoms with E-state index in [-0.39, 0.29) is 12.2 Å². The first-order chi connectivity index (χ1) is 15.5. The highest BCUT2D eigenvalue weighted by Crippen LogP contribution is 2.25. The Kier molecular flexibility index (Phi) is 7.53. The second-order valence-electron chi connectivity index (χ2n) is 6.53.